The highest BCUT2D eigenvalue weighted by Crippen LogP contribution is 2.30. The lowest BCUT2D eigenvalue weighted by atomic mass is 10.1. The quantitative estimate of drug-likeness (QED) is 0.854. The molecule has 2 rings (SSSR count). The number of benzene rings is 1. The van der Waals surface area contributed by atoms with E-state index in [1.54, 1.807) is 6.20 Å². The molecule has 0 saturated carbocycles. The normalized spacial score (nSPS) is 12.1. The van der Waals surface area contributed by atoms with Crippen molar-refractivity contribution in [1.82, 2.24) is 9.97 Å². The number of rotatable bonds is 2. The second-order valence-corrected chi connectivity index (χ2v) is 4.40. The van der Waals surface area contributed by atoms with Crippen LogP contribution in [0, 0.1) is 0 Å². The summed E-state index contributed by atoms with van der Waals surface area (Å²) in [7, 11) is 0. The van der Waals surface area contributed by atoms with Gasteiger partial charge in [0.1, 0.15) is 5.82 Å². The number of imidazole rings is 1. The van der Waals surface area contributed by atoms with E-state index in [0.29, 0.717) is 11.3 Å². The van der Waals surface area contributed by atoms with Crippen molar-refractivity contribution in [3.8, 4) is 11.3 Å². The molecule has 2 nitrogen and oxygen atoms in total. The summed E-state index contributed by atoms with van der Waals surface area (Å²) in [5.74, 6) is 1.08. The molecule has 1 aromatic heterocycles. The third kappa shape index (κ3) is 2.55. The van der Waals surface area contributed by atoms with Crippen LogP contribution in [0.15, 0.2) is 30.5 Å². The molecule has 0 saturated heterocycles. The molecule has 1 aromatic carbocycles. The van der Waals surface area contributed by atoms with E-state index in [1.807, 2.05) is 13.8 Å². The molecule has 0 fully saturated rings. The van der Waals surface area contributed by atoms with Crippen molar-refractivity contribution in [3.63, 3.8) is 0 Å². The first-order valence-corrected chi connectivity index (χ1v) is 5.61. The van der Waals surface area contributed by atoms with Crippen LogP contribution in [0.25, 0.3) is 11.3 Å². The molecule has 0 aliphatic heterocycles. The Hall–Kier alpha value is -1.78. The van der Waals surface area contributed by atoms with Gasteiger partial charge >= 0.3 is 6.18 Å². The van der Waals surface area contributed by atoms with Crippen LogP contribution in [0.5, 0.6) is 0 Å². The van der Waals surface area contributed by atoms with Crippen molar-refractivity contribution in [2.45, 2.75) is 25.9 Å². The molecule has 1 N–H and O–H groups in total. The third-order valence-corrected chi connectivity index (χ3v) is 2.65. The van der Waals surface area contributed by atoms with E-state index in [-0.39, 0.29) is 5.92 Å². The van der Waals surface area contributed by atoms with Gasteiger partial charge in [0.2, 0.25) is 0 Å². The first kappa shape index (κ1) is 12.7. The molecule has 0 spiro atoms. The molecular formula is C13H13F3N2. The van der Waals surface area contributed by atoms with E-state index in [2.05, 4.69) is 9.97 Å². The van der Waals surface area contributed by atoms with Crippen LogP contribution < -0.4 is 0 Å². The standard InChI is InChI=1S/C13H13F3N2/c1-8(2)12-17-7-11(18-12)9-3-5-10(6-4-9)13(14,15)16/h3-8H,1-2H3,(H,17,18). The summed E-state index contributed by atoms with van der Waals surface area (Å²) in [4.78, 5) is 7.35. The minimum Gasteiger partial charge on any atom is -0.348 e. The van der Waals surface area contributed by atoms with E-state index in [0.717, 1.165) is 18.0 Å². The van der Waals surface area contributed by atoms with Gasteiger partial charge in [-0.05, 0) is 12.1 Å². The zero-order valence-electron chi connectivity index (χ0n) is 10.0. The van der Waals surface area contributed by atoms with Gasteiger partial charge in [0.25, 0.3) is 0 Å². The van der Waals surface area contributed by atoms with Gasteiger partial charge in [0.05, 0.1) is 11.3 Å². The van der Waals surface area contributed by atoms with Gasteiger partial charge in [0, 0.05) is 17.7 Å². The minimum atomic E-state index is -4.30. The highest BCUT2D eigenvalue weighted by atomic mass is 19.4. The molecule has 0 atom stereocenters. The summed E-state index contributed by atoms with van der Waals surface area (Å²) in [5, 5.41) is 0. The number of nitrogens with one attached hydrogen (secondary N) is 1. The third-order valence-electron chi connectivity index (χ3n) is 2.65. The largest absolute Gasteiger partial charge is 0.416 e. The Kier molecular flexibility index (Phi) is 3.15. The van der Waals surface area contributed by atoms with E-state index in [9.17, 15) is 13.2 Å². The maximum absolute atomic E-state index is 12.4. The fourth-order valence-corrected chi connectivity index (χ4v) is 1.61. The Bertz CT molecular complexity index is 524. The molecular weight excluding hydrogens is 241 g/mol. The Morgan fingerprint density at radius 2 is 1.72 bits per heavy atom. The Morgan fingerprint density at radius 1 is 1.11 bits per heavy atom. The van der Waals surface area contributed by atoms with Crippen LogP contribution in [-0.2, 0) is 6.18 Å². The van der Waals surface area contributed by atoms with Gasteiger partial charge in [0.15, 0.2) is 0 Å². The summed E-state index contributed by atoms with van der Waals surface area (Å²) in [5.41, 5.74) is 0.685. The number of hydrogen-bond acceptors (Lipinski definition) is 1. The number of aromatic nitrogens is 2. The molecule has 18 heavy (non-hydrogen) atoms. The number of alkyl halides is 3. The molecule has 0 radical (unpaired) electrons. The molecule has 2 aromatic rings. The predicted octanol–water partition coefficient (Wildman–Crippen LogP) is 4.22. The van der Waals surface area contributed by atoms with Crippen LogP contribution in [0.2, 0.25) is 0 Å². The summed E-state index contributed by atoms with van der Waals surface area (Å²) in [6.07, 6.45) is -2.59. The van der Waals surface area contributed by atoms with Crippen LogP contribution in [0.4, 0.5) is 13.2 Å². The van der Waals surface area contributed by atoms with Crippen LogP contribution in [-0.4, -0.2) is 9.97 Å². The molecule has 1 heterocycles. The first-order chi connectivity index (χ1) is 8.38. The molecule has 96 valence electrons. The topological polar surface area (TPSA) is 28.7 Å². The summed E-state index contributed by atoms with van der Waals surface area (Å²) in [6.45, 7) is 3.99. The average Bonchev–Trinajstić information content (AvgIpc) is 2.77. The van der Waals surface area contributed by atoms with Crippen LogP contribution in [0.3, 0.4) is 0 Å². The zero-order chi connectivity index (χ0) is 13.3. The Balaban J connectivity index is 2.29. The predicted molar refractivity (Wildman–Crippen MR) is 63.1 cm³/mol. The lowest BCUT2D eigenvalue weighted by Crippen LogP contribution is -2.03. The van der Waals surface area contributed by atoms with E-state index in [1.165, 1.54) is 12.1 Å². The summed E-state index contributed by atoms with van der Waals surface area (Å²) >= 11 is 0. The maximum Gasteiger partial charge on any atom is 0.416 e. The number of hydrogen-bond donors (Lipinski definition) is 1. The van der Waals surface area contributed by atoms with Gasteiger partial charge in [-0.2, -0.15) is 13.2 Å². The number of halogens is 3. The van der Waals surface area contributed by atoms with E-state index >= 15 is 0 Å². The van der Waals surface area contributed by atoms with Crippen molar-refractivity contribution in [2.75, 3.05) is 0 Å². The SMILES string of the molecule is CC(C)c1nc(-c2ccc(C(F)(F)F)cc2)c[nH]1. The van der Waals surface area contributed by atoms with Gasteiger partial charge in [-0.25, -0.2) is 4.98 Å². The van der Waals surface area contributed by atoms with Crippen LogP contribution in [0.1, 0.15) is 31.2 Å². The van der Waals surface area contributed by atoms with Crippen molar-refractivity contribution in [3.05, 3.63) is 41.9 Å². The Morgan fingerprint density at radius 3 is 2.17 bits per heavy atom. The lowest BCUT2D eigenvalue weighted by Gasteiger charge is -2.06. The molecule has 0 aliphatic rings. The van der Waals surface area contributed by atoms with Crippen molar-refractivity contribution in [2.24, 2.45) is 0 Å². The second kappa shape index (κ2) is 4.48. The van der Waals surface area contributed by atoms with Gasteiger partial charge in [-0.1, -0.05) is 26.0 Å². The minimum absolute atomic E-state index is 0.258. The van der Waals surface area contributed by atoms with E-state index < -0.39 is 11.7 Å². The highest BCUT2D eigenvalue weighted by Gasteiger charge is 2.30. The number of aromatic amines is 1. The number of nitrogens with zero attached hydrogens (tertiary/aromatic N) is 1. The van der Waals surface area contributed by atoms with Gasteiger partial charge in [-0.3, -0.25) is 0 Å². The summed E-state index contributed by atoms with van der Waals surface area (Å²) < 4.78 is 37.2. The molecule has 5 heteroatoms. The number of H-pyrrole nitrogens is 1. The fourth-order valence-electron chi connectivity index (χ4n) is 1.61. The van der Waals surface area contributed by atoms with Gasteiger partial charge in [-0.15, -0.1) is 0 Å². The summed E-state index contributed by atoms with van der Waals surface area (Å²) in [6, 6.07) is 5.00. The molecule has 0 aliphatic carbocycles. The zero-order valence-corrected chi connectivity index (χ0v) is 10.0. The van der Waals surface area contributed by atoms with Crippen molar-refractivity contribution in [1.29, 1.82) is 0 Å². The second-order valence-electron chi connectivity index (χ2n) is 4.40. The van der Waals surface area contributed by atoms with E-state index in [4.69, 9.17) is 0 Å². The fraction of sp³-hybridized carbons (Fsp3) is 0.308. The monoisotopic (exact) mass is 254 g/mol. The highest BCUT2D eigenvalue weighted by molar-refractivity contribution is 5.59. The average molecular weight is 254 g/mol. The van der Waals surface area contributed by atoms with Crippen molar-refractivity contribution < 1.29 is 13.2 Å². The molecule has 0 bridgehead atoms. The Labute approximate surface area is 103 Å². The molecule has 0 amide bonds. The lowest BCUT2D eigenvalue weighted by molar-refractivity contribution is -0.137. The molecule has 0 unspecified atom stereocenters. The maximum atomic E-state index is 12.4. The smallest absolute Gasteiger partial charge is 0.348 e. The van der Waals surface area contributed by atoms with Gasteiger partial charge < -0.3 is 4.98 Å². The first-order valence-electron chi connectivity index (χ1n) is 5.61. The van der Waals surface area contributed by atoms with Crippen molar-refractivity contribution >= 4 is 0 Å². The van der Waals surface area contributed by atoms with Crippen LogP contribution >= 0.6 is 0 Å².